The molecule has 1 atom stereocenters. The van der Waals surface area contributed by atoms with Gasteiger partial charge in [-0.3, -0.25) is 10.6 Å². The first kappa shape index (κ1) is 5.03. The van der Waals surface area contributed by atoms with Crippen LogP contribution in [-0.2, 0) is 4.74 Å². The Morgan fingerprint density at radius 3 is 3.00 bits per heavy atom. The van der Waals surface area contributed by atoms with Gasteiger partial charge >= 0.3 is 0 Å². The first-order valence-corrected chi connectivity index (χ1v) is 2.43. The van der Waals surface area contributed by atoms with E-state index in [1.807, 2.05) is 7.05 Å². The number of rotatable bonds is 1. The third-order valence-corrected chi connectivity index (χ3v) is 1.04. The minimum Gasteiger partial charge on any atom is -0.347 e. The second kappa shape index (κ2) is 2.26. The molecule has 0 aromatic carbocycles. The Labute approximate surface area is 43.0 Å². The van der Waals surface area contributed by atoms with Crippen molar-refractivity contribution in [3.8, 4) is 0 Å². The summed E-state index contributed by atoms with van der Waals surface area (Å²) in [6.45, 7) is 1.61. The fourth-order valence-electron chi connectivity index (χ4n) is 0.594. The maximum absolute atomic E-state index is 5.08. The van der Waals surface area contributed by atoms with E-state index >= 15 is 0 Å². The van der Waals surface area contributed by atoms with Crippen LogP contribution in [0.3, 0.4) is 0 Å². The molecule has 0 spiro atoms. The molecule has 1 aliphatic heterocycles. The van der Waals surface area contributed by atoms with Crippen molar-refractivity contribution in [1.82, 2.24) is 10.6 Å². The van der Waals surface area contributed by atoms with E-state index in [4.69, 9.17) is 4.74 Å². The fourth-order valence-corrected chi connectivity index (χ4v) is 0.594. The van der Waals surface area contributed by atoms with E-state index in [1.165, 1.54) is 0 Å². The molecule has 1 saturated heterocycles. The van der Waals surface area contributed by atoms with Crippen molar-refractivity contribution in [1.29, 1.82) is 0 Å². The maximum Gasteiger partial charge on any atom is 0.122 e. The Morgan fingerprint density at radius 2 is 2.71 bits per heavy atom. The predicted octanol–water partition coefficient (Wildman–Crippen LogP) is -0.891. The average Bonchev–Trinajstić information content (AvgIpc) is 2.14. The third kappa shape index (κ3) is 1.12. The van der Waals surface area contributed by atoms with Gasteiger partial charge in [0.05, 0.1) is 6.73 Å². The van der Waals surface area contributed by atoms with E-state index in [0.717, 1.165) is 6.54 Å². The minimum absolute atomic E-state index is 0.236. The molecule has 0 aromatic heterocycles. The van der Waals surface area contributed by atoms with Gasteiger partial charge in [-0.15, -0.1) is 0 Å². The zero-order chi connectivity index (χ0) is 5.11. The molecule has 1 rings (SSSR count). The molecular weight excluding hydrogens is 92.1 g/mol. The van der Waals surface area contributed by atoms with Crippen LogP contribution >= 0.6 is 0 Å². The van der Waals surface area contributed by atoms with Crippen LogP contribution in [0.5, 0.6) is 0 Å². The summed E-state index contributed by atoms with van der Waals surface area (Å²) in [5.74, 6) is 0. The van der Waals surface area contributed by atoms with Crippen LogP contribution in [0.25, 0.3) is 0 Å². The van der Waals surface area contributed by atoms with Crippen molar-refractivity contribution >= 4 is 0 Å². The normalized spacial score (nSPS) is 31.3. The summed E-state index contributed by atoms with van der Waals surface area (Å²) in [7, 11) is 1.89. The summed E-state index contributed by atoms with van der Waals surface area (Å²) in [6, 6.07) is 0. The number of likely N-dealkylation sites (N-methyl/N-ethyl adjacent to an activating group) is 1. The molecule has 42 valence electrons. The first-order chi connectivity index (χ1) is 3.43. The number of nitrogens with one attached hydrogen (secondary N) is 2. The van der Waals surface area contributed by atoms with Gasteiger partial charge in [0, 0.05) is 6.54 Å². The van der Waals surface area contributed by atoms with Crippen LogP contribution in [0.2, 0.25) is 0 Å². The van der Waals surface area contributed by atoms with Gasteiger partial charge in [-0.2, -0.15) is 0 Å². The molecule has 3 nitrogen and oxygen atoms in total. The van der Waals surface area contributed by atoms with Crippen molar-refractivity contribution in [3.05, 3.63) is 0 Å². The lowest BCUT2D eigenvalue weighted by Gasteiger charge is -2.02. The van der Waals surface area contributed by atoms with Gasteiger partial charge in [-0.1, -0.05) is 0 Å². The van der Waals surface area contributed by atoms with E-state index in [0.29, 0.717) is 6.73 Å². The second-order valence-corrected chi connectivity index (χ2v) is 1.54. The predicted molar refractivity (Wildman–Crippen MR) is 26.8 cm³/mol. The van der Waals surface area contributed by atoms with Gasteiger partial charge in [0.15, 0.2) is 0 Å². The highest BCUT2D eigenvalue weighted by molar-refractivity contribution is 4.59. The molecule has 1 aliphatic rings. The minimum atomic E-state index is 0.236. The molecule has 0 amide bonds. The molecular formula is C4H10N2O. The van der Waals surface area contributed by atoms with Gasteiger partial charge in [0.1, 0.15) is 6.23 Å². The summed E-state index contributed by atoms with van der Waals surface area (Å²) in [6.07, 6.45) is 0.236. The van der Waals surface area contributed by atoms with E-state index in [1.54, 1.807) is 0 Å². The summed E-state index contributed by atoms with van der Waals surface area (Å²) in [4.78, 5) is 0. The topological polar surface area (TPSA) is 33.3 Å². The highest BCUT2D eigenvalue weighted by Crippen LogP contribution is 1.88. The Bertz CT molecular complexity index is 51.7. The lowest BCUT2D eigenvalue weighted by atomic mass is 10.6. The van der Waals surface area contributed by atoms with Gasteiger partial charge in [-0.05, 0) is 7.05 Å². The monoisotopic (exact) mass is 102 g/mol. The lowest BCUT2D eigenvalue weighted by molar-refractivity contribution is 0.0942. The Kier molecular flexibility index (Phi) is 1.62. The highest BCUT2D eigenvalue weighted by Gasteiger charge is 2.09. The zero-order valence-corrected chi connectivity index (χ0v) is 4.40. The van der Waals surface area contributed by atoms with E-state index < -0.39 is 0 Å². The molecule has 0 bridgehead atoms. The Balaban J connectivity index is 2.14. The summed E-state index contributed by atoms with van der Waals surface area (Å²) >= 11 is 0. The molecule has 0 aliphatic carbocycles. The average molecular weight is 102 g/mol. The van der Waals surface area contributed by atoms with Gasteiger partial charge in [-0.25, -0.2) is 0 Å². The van der Waals surface area contributed by atoms with E-state index in [9.17, 15) is 0 Å². The molecule has 0 saturated carbocycles. The fraction of sp³-hybridized carbons (Fsp3) is 1.00. The maximum atomic E-state index is 5.08. The van der Waals surface area contributed by atoms with Gasteiger partial charge in [0.2, 0.25) is 0 Å². The third-order valence-electron chi connectivity index (χ3n) is 1.04. The number of ether oxygens (including phenoxy) is 1. The Morgan fingerprint density at radius 1 is 1.86 bits per heavy atom. The smallest absolute Gasteiger partial charge is 0.122 e. The zero-order valence-electron chi connectivity index (χ0n) is 4.40. The molecule has 1 unspecified atom stereocenters. The summed E-state index contributed by atoms with van der Waals surface area (Å²) < 4.78 is 5.08. The van der Waals surface area contributed by atoms with Crippen LogP contribution < -0.4 is 10.6 Å². The van der Waals surface area contributed by atoms with E-state index in [-0.39, 0.29) is 6.23 Å². The Hall–Kier alpha value is -0.120. The van der Waals surface area contributed by atoms with Crippen molar-refractivity contribution in [2.75, 3.05) is 20.3 Å². The van der Waals surface area contributed by atoms with E-state index in [2.05, 4.69) is 10.6 Å². The second-order valence-electron chi connectivity index (χ2n) is 1.54. The standard InChI is InChI=1S/C4H10N2O/c1-5-4-2-6-3-7-4/h4-6H,2-3H2,1H3. The van der Waals surface area contributed by atoms with Crippen LogP contribution in [0, 0.1) is 0 Å². The quantitative estimate of drug-likeness (QED) is 0.450. The first-order valence-electron chi connectivity index (χ1n) is 2.43. The van der Waals surface area contributed by atoms with Crippen molar-refractivity contribution in [2.45, 2.75) is 6.23 Å². The van der Waals surface area contributed by atoms with Crippen LogP contribution in [0.1, 0.15) is 0 Å². The van der Waals surface area contributed by atoms with Crippen LogP contribution in [-0.4, -0.2) is 26.6 Å². The largest absolute Gasteiger partial charge is 0.347 e. The molecule has 1 fully saturated rings. The van der Waals surface area contributed by atoms with Gasteiger partial charge < -0.3 is 4.74 Å². The molecule has 7 heavy (non-hydrogen) atoms. The van der Waals surface area contributed by atoms with Crippen molar-refractivity contribution in [2.24, 2.45) is 0 Å². The van der Waals surface area contributed by atoms with Crippen molar-refractivity contribution in [3.63, 3.8) is 0 Å². The number of hydrogen-bond donors (Lipinski definition) is 2. The summed E-state index contributed by atoms with van der Waals surface area (Å²) in [5, 5.41) is 6.02. The van der Waals surface area contributed by atoms with Crippen LogP contribution in [0.4, 0.5) is 0 Å². The van der Waals surface area contributed by atoms with Gasteiger partial charge in [0.25, 0.3) is 0 Å². The molecule has 0 aromatic rings. The molecule has 2 N–H and O–H groups in total. The summed E-state index contributed by atoms with van der Waals surface area (Å²) in [5.41, 5.74) is 0. The van der Waals surface area contributed by atoms with Crippen LogP contribution in [0.15, 0.2) is 0 Å². The van der Waals surface area contributed by atoms with Crippen molar-refractivity contribution < 1.29 is 4.74 Å². The molecule has 0 radical (unpaired) electrons. The molecule has 1 heterocycles. The highest BCUT2D eigenvalue weighted by atomic mass is 16.5. The molecule has 3 heteroatoms. The number of hydrogen-bond acceptors (Lipinski definition) is 3. The SMILES string of the molecule is CNC1CNCO1. The lowest BCUT2D eigenvalue weighted by Crippen LogP contribution is -2.28.